The van der Waals surface area contributed by atoms with E-state index in [1.54, 1.807) is 32.4 Å². The fourth-order valence-corrected chi connectivity index (χ4v) is 4.23. The highest BCUT2D eigenvalue weighted by atomic mass is 19.1. The number of hydrogen-bond donors (Lipinski definition) is 2. The molecule has 0 spiro atoms. The van der Waals surface area contributed by atoms with Gasteiger partial charge in [0.25, 0.3) is 5.91 Å². The van der Waals surface area contributed by atoms with Crippen molar-refractivity contribution in [3.8, 4) is 22.8 Å². The minimum Gasteiger partial charge on any atom is -0.493 e. The average molecular weight is 470 g/mol. The quantitative estimate of drug-likeness (QED) is 0.330. The maximum atomic E-state index is 13.6. The van der Waals surface area contributed by atoms with Crippen molar-refractivity contribution in [1.29, 1.82) is 0 Å². The van der Waals surface area contributed by atoms with Crippen molar-refractivity contribution < 1.29 is 18.7 Å². The Bertz CT molecular complexity index is 1530. The van der Waals surface area contributed by atoms with Crippen LogP contribution in [0.2, 0.25) is 0 Å². The van der Waals surface area contributed by atoms with Crippen LogP contribution in [-0.4, -0.2) is 36.6 Å². The topological polar surface area (TPSA) is 76.2 Å². The maximum absolute atomic E-state index is 13.6. The number of nitrogens with one attached hydrogen (secondary N) is 2. The summed E-state index contributed by atoms with van der Waals surface area (Å²) >= 11 is 0. The van der Waals surface area contributed by atoms with Crippen LogP contribution in [0, 0.1) is 5.82 Å². The van der Waals surface area contributed by atoms with E-state index in [0.29, 0.717) is 35.9 Å². The first kappa shape index (κ1) is 22.4. The van der Waals surface area contributed by atoms with Crippen LogP contribution in [0.5, 0.6) is 11.5 Å². The zero-order valence-electron chi connectivity index (χ0n) is 19.4. The second-order valence-corrected chi connectivity index (χ2v) is 8.15. The van der Waals surface area contributed by atoms with Gasteiger partial charge in [0.15, 0.2) is 11.5 Å². The molecule has 0 saturated carbocycles. The first-order chi connectivity index (χ1) is 17.1. The van der Waals surface area contributed by atoms with Crippen molar-refractivity contribution >= 4 is 27.7 Å². The van der Waals surface area contributed by atoms with Crippen molar-refractivity contribution in [2.75, 3.05) is 20.8 Å². The van der Waals surface area contributed by atoms with Crippen LogP contribution >= 0.6 is 0 Å². The van der Waals surface area contributed by atoms with Crippen molar-refractivity contribution in [1.82, 2.24) is 15.3 Å². The molecule has 3 aromatic carbocycles. The highest BCUT2D eigenvalue weighted by Crippen LogP contribution is 2.33. The van der Waals surface area contributed by atoms with Crippen LogP contribution in [0.25, 0.3) is 33.1 Å². The molecule has 2 aromatic heterocycles. The number of H-pyrrole nitrogens is 1. The van der Waals surface area contributed by atoms with Gasteiger partial charge in [0.05, 0.1) is 25.4 Å². The minimum absolute atomic E-state index is 0.277. The van der Waals surface area contributed by atoms with E-state index in [9.17, 15) is 9.18 Å². The van der Waals surface area contributed by atoms with Gasteiger partial charge >= 0.3 is 0 Å². The van der Waals surface area contributed by atoms with Crippen LogP contribution < -0.4 is 14.8 Å². The zero-order chi connectivity index (χ0) is 24.4. The van der Waals surface area contributed by atoms with Gasteiger partial charge in [-0.3, -0.25) is 4.79 Å². The number of ether oxygens (including phenoxy) is 2. The number of aromatic amines is 1. The van der Waals surface area contributed by atoms with Crippen LogP contribution in [0.15, 0.2) is 72.8 Å². The molecule has 176 valence electrons. The molecule has 0 aliphatic heterocycles. The third-order valence-corrected chi connectivity index (χ3v) is 5.99. The fraction of sp³-hybridized carbons (Fsp3) is 0.143. The fourth-order valence-electron chi connectivity index (χ4n) is 4.23. The molecule has 2 N–H and O–H groups in total. The van der Waals surface area contributed by atoms with Crippen molar-refractivity contribution in [3.05, 3.63) is 89.9 Å². The third kappa shape index (κ3) is 4.40. The predicted molar refractivity (Wildman–Crippen MR) is 135 cm³/mol. The molecule has 0 aliphatic rings. The lowest BCUT2D eigenvalue weighted by Crippen LogP contribution is -2.26. The number of pyridine rings is 1. The molecule has 5 rings (SSSR count). The second kappa shape index (κ2) is 9.46. The van der Waals surface area contributed by atoms with Crippen LogP contribution in [-0.2, 0) is 6.42 Å². The number of carbonyl (C=O) groups excluding carboxylic acids is 1. The van der Waals surface area contributed by atoms with E-state index in [2.05, 4.69) is 15.3 Å². The molecule has 1 amide bonds. The molecule has 0 fully saturated rings. The number of aromatic nitrogens is 2. The summed E-state index contributed by atoms with van der Waals surface area (Å²) in [6.07, 6.45) is 0.617. The Balaban J connectivity index is 1.45. The second-order valence-electron chi connectivity index (χ2n) is 8.15. The normalized spacial score (nSPS) is 11.1. The summed E-state index contributed by atoms with van der Waals surface area (Å²) in [6, 6.07) is 21.5. The van der Waals surface area contributed by atoms with E-state index >= 15 is 0 Å². The minimum atomic E-state index is -0.328. The summed E-state index contributed by atoms with van der Waals surface area (Å²) < 4.78 is 24.2. The lowest BCUT2D eigenvalue weighted by atomic mass is 10.1. The lowest BCUT2D eigenvalue weighted by Gasteiger charge is -2.11. The summed E-state index contributed by atoms with van der Waals surface area (Å²) in [6.45, 7) is 0.424. The van der Waals surface area contributed by atoms with Gasteiger partial charge in [0, 0.05) is 28.4 Å². The summed E-state index contributed by atoms with van der Waals surface area (Å²) in [7, 11) is 3.18. The number of carbonyl (C=O) groups is 1. The number of halogens is 1. The Morgan fingerprint density at radius 3 is 2.49 bits per heavy atom. The third-order valence-electron chi connectivity index (χ3n) is 5.99. The van der Waals surface area contributed by atoms with Crippen LogP contribution in [0.1, 0.15) is 16.1 Å². The molecule has 0 saturated heterocycles. The summed E-state index contributed by atoms with van der Waals surface area (Å²) in [5.41, 5.74) is 4.38. The Hall–Kier alpha value is -4.39. The van der Waals surface area contributed by atoms with Crippen LogP contribution in [0.3, 0.4) is 0 Å². The first-order valence-corrected chi connectivity index (χ1v) is 11.2. The molecular formula is C28H24FN3O3. The molecule has 6 nitrogen and oxygen atoms in total. The first-order valence-electron chi connectivity index (χ1n) is 11.2. The number of nitrogens with zero attached hydrogens (tertiary/aromatic N) is 1. The van der Waals surface area contributed by atoms with Gasteiger partial charge in [-0.2, -0.15) is 0 Å². The Morgan fingerprint density at radius 2 is 1.71 bits per heavy atom. The monoisotopic (exact) mass is 469 g/mol. The molecule has 2 heterocycles. The summed E-state index contributed by atoms with van der Waals surface area (Å²) in [5.74, 6) is 0.697. The van der Waals surface area contributed by atoms with Crippen molar-refractivity contribution in [3.63, 3.8) is 0 Å². The van der Waals surface area contributed by atoms with E-state index in [-0.39, 0.29) is 11.7 Å². The van der Waals surface area contributed by atoms with Gasteiger partial charge in [-0.05, 0) is 60.5 Å². The Morgan fingerprint density at radius 1 is 0.943 bits per heavy atom. The average Bonchev–Trinajstić information content (AvgIpc) is 3.27. The maximum Gasteiger partial charge on any atom is 0.269 e. The van der Waals surface area contributed by atoms with Gasteiger partial charge in [0.2, 0.25) is 0 Å². The number of para-hydroxylation sites is 1. The number of fused-ring (bicyclic) bond motifs is 3. The molecule has 0 radical (unpaired) electrons. The summed E-state index contributed by atoms with van der Waals surface area (Å²) in [5, 5.41) is 4.84. The van der Waals surface area contributed by atoms with Gasteiger partial charge in [-0.25, -0.2) is 9.37 Å². The van der Waals surface area contributed by atoms with Crippen molar-refractivity contribution in [2.45, 2.75) is 6.42 Å². The van der Waals surface area contributed by atoms with Gasteiger partial charge in [-0.15, -0.1) is 0 Å². The van der Waals surface area contributed by atoms with E-state index in [0.717, 1.165) is 32.9 Å². The molecule has 35 heavy (non-hydrogen) atoms. The molecule has 7 heteroatoms. The van der Waals surface area contributed by atoms with Crippen molar-refractivity contribution in [2.24, 2.45) is 0 Å². The largest absolute Gasteiger partial charge is 0.493 e. The molecular weight excluding hydrogens is 445 g/mol. The lowest BCUT2D eigenvalue weighted by molar-refractivity contribution is 0.0949. The van der Waals surface area contributed by atoms with Crippen LogP contribution in [0.4, 0.5) is 4.39 Å². The smallest absolute Gasteiger partial charge is 0.269 e. The number of hydrogen-bond acceptors (Lipinski definition) is 4. The summed E-state index contributed by atoms with van der Waals surface area (Å²) in [4.78, 5) is 21.2. The molecule has 0 atom stereocenters. The molecule has 0 unspecified atom stereocenters. The number of benzene rings is 3. The molecule has 5 aromatic rings. The van der Waals surface area contributed by atoms with Gasteiger partial charge in [-0.1, -0.05) is 24.3 Å². The number of amides is 1. The predicted octanol–water partition coefficient (Wildman–Crippen LogP) is 5.51. The number of methoxy groups -OCH3 is 2. The Labute approximate surface area is 201 Å². The highest BCUT2D eigenvalue weighted by Gasteiger charge is 2.17. The SMILES string of the molecule is COc1ccc(CCNC(=O)c2cc3c([nH]c4ccccc43)c(-c3ccc(F)cc3)n2)cc1OC. The van der Waals surface area contributed by atoms with E-state index in [1.165, 1.54) is 12.1 Å². The highest BCUT2D eigenvalue weighted by molar-refractivity contribution is 6.13. The van der Waals surface area contributed by atoms with E-state index in [4.69, 9.17) is 9.47 Å². The molecule has 0 bridgehead atoms. The standard InChI is InChI=1S/C28H24FN3O3/c1-34-24-12-7-17(15-25(24)35-2)13-14-30-28(33)23-16-21-20-5-3-4-6-22(20)31-27(21)26(32-23)18-8-10-19(29)11-9-18/h3-12,15-16,31H,13-14H2,1-2H3,(H,30,33). The van der Waals surface area contributed by atoms with E-state index < -0.39 is 0 Å². The number of rotatable bonds is 7. The molecule has 0 aliphatic carbocycles. The Kier molecular flexibility index (Phi) is 6.06. The van der Waals surface area contributed by atoms with Gasteiger partial charge < -0.3 is 19.8 Å². The zero-order valence-corrected chi connectivity index (χ0v) is 19.4. The van der Waals surface area contributed by atoms with Gasteiger partial charge in [0.1, 0.15) is 11.5 Å². The van der Waals surface area contributed by atoms with E-state index in [1.807, 2.05) is 42.5 Å².